The van der Waals surface area contributed by atoms with E-state index in [1.165, 1.54) is 18.2 Å². The molecule has 1 heterocycles. The summed E-state index contributed by atoms with van der Waals surface area (Å²) in [5.74, 6) is -1.39. The van der Waals surface area contributed by atoms with Gasteiger partial charge < -0.3 is 15.4 Å². The molecule has 0 radical (unpaired) electrons. The van der Waals surface area contributed by atoms with Gasteiger partial charge in [0.15, 0.2) is 5.78 Å². The first-order valence-electron chi connectivity index (χ1n) is 7.96. The zero-order chi connectivity index (χ0) is 19.6. The SMILES string of the molecule is C=C1NC(=O)N[C@H](c2ccccc2OC(F)F)[C@@H]1C(=O)c1ccc(Cl)cc1. The van der Waals surface area contributed by atoms with E-state index in [1.807, 2.05) is 0 Å². The lowest BCUT2D eigenvalue weighted by molar-refractivity contribution is -0.0507. The average Bonchev–Trinajstić information content (AvgIpc) is 2.61. The highest BCUT2D eigenvalue weighted by molar-refractivity contribution is 6.30. The third-order valence-corrected chi connectivity index (χ3v) is 4.40. The number of para-hydroxylation sites is 1. The highest BCUT2D eigenvalue weighted by atomic mass is 35.5. The van der Waals surface area contributed by atoms with E-state index in [9.17, 15) is 18.4 Å². The Morgan fingerprint density at radius 1 is 1.15 bits per heavy atom. The summed E-state index contributed by atoms with van der Waals surface area (Å²) in [6.45, 7) is 0.724. The number of halogens is 3. The van der Waals surface area contributed by atoms with Gasteiger partial charge in [-0.1, -0.05) is 36.4 Å². The first-order valence-corrected chi connectivity index (χ1v) is 8.34. The number of hydrogen-bond acceptors (Lipinski definition) is 3. The minimum Gasteiger partial charge on any atom is -0.434 e. The molecular weight excluding hydrogens is 378 g/mol. The van der Waals surface area contributed by atoms with Gasteiger partial charge in [-0.15, -0.1) is 0 Å². The predicted molar refractivity (Wildman–Crippen MR) is 95.9 cm³/mol. The topological polar surface area (TPSA) is 67.4 Å². The molecule has 0 saturated carbocycles. The number of Topliss-reactive ketones (excluding diaryl/α,β-unsaturated/α-hetero) is 1. The molecule has 3 rings (SSSR count). The lowest BCUT2D eigenvalue weighted by atomic mass is 9.83. The number of carbonyl (C=O) groups excluding carboxylic acids is 2. The normalized spacial score (nSPS) is 19.4. The number of ketones is 1. The minimum absolute atomic E-state index is 0.124. The van der Waals surface area contributed by atoms with E-state index >= 15 is 0 Å². The van der Waals surface area contributed by atoms with Crippen molar-refractivity contribution in [3.8, 4) is 5.75 Å². The average molecular weight is 393 g/mol. The van der Waals surface area contributed by atoms with Crippen LogP contribution in [0, 0.1) is 5.92 Å². The van der Waals surface area contributed by atoms with Gasteiger partial charge >= 0.3 is 12.6 Å². The lowest BCUT2D eigenvalue weighted by Gasteiger charge is -2.34. The molecule has 1 fully saturated rings. The molecular formula is C19H15ClF2N2O3. The van der Waals surface area contributed by atoms with Crippen LogP contribution in [0.1, 0.15) is 22.0 Å². The van der Waals surface area contributed by atoms with Crippen LogP contribution in [0.2, 0.25) is 5.02 Å². The van der Waals surface area contributed by atoms with Crippen LogP contribution in [-0.2, 0) is 0 Å². The molecule has 0 aliphatic carbocycles. The molecule has 0 spiro atoms. The van der Waals surface area contributed by atoms with Crippen molar-refractivity contribution in [2.75, 3.05) is 0 Å². The highest BCUT2D eigenvalue weighted by Crippen LogP contribution is 2.37. The number of nitrogens with one attached hydrogen (secondary N) is 2. The Morgan fingerprint density at radius 3 is 2.48 bits per heavy atom. The van der Waals surface area contributed by atoms with Crippen LogP contribution in [0.5, 0.6) is 5.75 Å². The van der Waals surface area contributed by atoms with Crippen molar-refractivity contribution in [1.82, 2.24) is 10.6 Å². The van der Waals surface area contributed by atoms with Crippen LogP contribution in [0.25, 0.3) is 0 Å². The molecule has 1 aliphatic rings. The zero-order valence-corrected chi connectivity index (χ0v) is 14.7. The Kier molecular flexibility index (Phi) is 5.41. The van der Waals surface area contributed by atoms with Crippen molar-refractivity contribution in [1.29, 1.82) is 0 Å². The van der Waals surface area contributed by atoms with Crippen molar-refractivity contribution >= 4 is 23.4 Å². The van der Waals surface area contributed by atoms with E-state index in [0.29, 0.717) is 10.6 Å². The molecule has 1 saturated heterocycles. The number of ether oxygens (including phenoxy) is 1. The number of hydrogen-bond donors (Lipinski definition) is 2. The molecule has 2 atom stereocenters. The molecule has 2 aromatic rings. The maximum atomic E-state index is 13.1. The summed E-state index contributed by atoms with van der Waals surface area (Å²) in [5.41, 5.74) is 0.762. The maximum absolute atomic E-state index is 13.1. The van der Waals surface area contributed by atoms with E-state index in [1.54, 1.807) is 30.3 Å². The summed E-state index contributed by atoms with van der Waals surface area (Å²) in [5, 5.41) is 5.54. The first-order chi connectivity index (χ1) is 12.9. The number of benzene rings is 2. The van der Waals surface area contributed by atoms with E-state index in [0.717, 1.165) is 0 Å². The van der Waals surface area contributed by atoms with Crippen LogP contribution in [-0.4, -0.2) is 18.4 Å². The number of rotatable bonds is 5. The van der Waals surface area contributed by atoms with Crippen molar-refractivity contribution in [3.05, 3.63) is 77.0 Å². The summed E-state index contributed by atoms with van der Waals surface area (Å²) >= 11 is 5.86. The molecule has 2 amide bonds. The molecule has 5 nitrogen and oxygen atoms in total. The van der Waals surface area contributed by atoms with Gasteiger partial charge in [0.05, 0.1) is 12.0 Å². The molecule has 0 aromatic heterocycles. The van der Waals surface area contributed by atoms with E-state index < -0.39 is 24.6 Å². The van der Waals surface area contributed by atoms with Gasteiger partial charge in [-0.25, -0.2) is 4.79 Å². The van der Waals surface area contributed by atoms with E-state index in [4.69, 9.17) is 11.6 Å². The standard InChI is InChI=1S/C19H15ClF2N2O3/c1-10-15(17(25)11-6-8-12(20)9-7-11)16(24-19(26)23-10)13-4-2-3-5-14(13)27-18(21)22/h2-9,15-16,18H,1H2,(H2,23,24,26)/t15-,16-/m1/s1. The van der Waals surface area contributed by atoms with Gasteiger partial charge in [0.2, 0.25) is 0 Å². The fourth-order valence-corrected chi connectivity index (χ4v) is 3.11. The summed E-state index contributed by atoms with van der Waals surface area (Å²) in [4.78, 5) is 25.0. The molecule has 2 aromatic carbocycles. The minimum atomic E-state index is -3.04. The molecule has 0 bridgehead atoms. The monoisotopic (exact) mass is 392 g/mol. The summed E-state index contributed by atoms with van der Waals surface area (Å²) in [7, 11) is 0. The van der Waals surface area contributed by atoms with Gasteiger partial charge in [0.25, 0.3) is 0 Å². The van der Waals surface area contributed by atoms with Crippen molar-refractivity contribution in [3.63, 3.8) is 0 Å². The quantitative estimate of drug-likeness (QED) is 0.745. The highest BCUT2D eigenvalue weighted by Gasteiger charge is 2.39. The van der Waals surface area contributed by atoms with Gasteiger partial charge in [0, 0.05) is 21.8 Å². The third-order valence-electron chi connectivity index (χ3n) is 4.15. The van der Waals surface area contributed by atoms with E-state index in [2.05, 4.69) is 21.9 Å². The van der Waals surface area contributed by atoms with Crippen LogP contribution < -0.4 is 15.4 Å². The van der Waals surface area contributed by atoms with E-state index in [-0.39, 0.29) is 22.8 Å². The Morgan fingerprint density at radius 2 is 1.81 bits per heavy atom. The Bertz CT molecular complexity index is 887. The Balaban J connectivity index is 2.03. The van der Waals surface area contributed by atoms with Crippen molar-refractivity contribution in [2.24, 2.45) is 5.92 Å². The number of urea groups is 1. The maximum Gasteiger partial charge on any atom is 0.387 e. The van der Waals surface area contributed by atoms with Gasteiger partial charge in [0.1, 0.15) is 5.75 Å². The summed E-state index contributed by atoms with van der Waals surface area (Å²) in [6, 6.07) is 10.7. The van der Waals surface area contributed by atoms with Crippen LogP contribution >= 0.6 is 11.6 Å². The Hall–Kier alpha value is -2.93. The van der Waals surface area contributed by atoms with Gasteiger partial charge in [-0.3, -0.25) is 4.79 Å². The fourth-order valence-electron chi connectivity index (χ4n) is 2.99. The van der Waals surface area contributed by atoms with Crippen LogP contribution in [0.3, 0.4) is 0 Å². The summed E-state index contributed by atoms with van der Waals surface area (Å²) in [6.07, 6.45) is 0. The first kappa shape index (κ1) is 18.8. The molecule has 1 aliphatic heterocycles. The van der Waals surface area contributed by atoms with Gasteiger partial charge in [-0.05, 0) is 30.3 Å². The number of carbonyl (C=O) groups is 2. The lowest BCUT2D eigenvalue weighted by Crippen LogP contribution is -2.50. The zero-order valence-electron chi connectivity index (χ0n) is 13.9. The summed E-state index contributed by atoms with van der Waals surface area (Å²) < 4.78 is 30.1. The number of amides is 2. The van der Waals surface area contributed by atoms with Crippen molar-refractivity contribution < 1.29 is 23.1 Å². The number of alkyl halides is 2. The largest absolute Gasteiger partial charge is 0.434 e. The fraction of sp³-hybridized carbons (Fsp3) is 0.158. The smallest absolute Gasteiger partial charge is 0.387 e. The predicted octanol–water partition coefficient (Wildman–Crippen LogP) is 4.31. The second-order valence-electron chi connectivity index (χ2n) is 5.87. The molecule has 8 heteroatoms. The van der Waals surface area contributed by atoms with Crippen molar-refractivity contribution in [2.45, 2.75) is 12.7 Å². The Labute approximate surface area is 159 Å². The second-order valence-corrected chi connectivity index (χ2v) is 6.30. The van der Waals surface area contributed by atoms with Crippen LogP contribution in [0.15, 0.2) is 60.8 Å². The van der Waals surface area contributed by atoms with Crippen LogP contribution in [0.4, 0.5) is 13.6 Å². The molecule has 0 unspecified atom stereocenters. The molecule has 140 valence electrons. The molecule has 2 N–H and O–H groups in total. The third kappa shape index (κ3) is 4.09. The molecule has 27 heavy (non-hydrogen) atoms. The van der Waals surface area contributed by atoms with Gasteiger partial charge in [-0.2, -0.15) is 8.78 Å². The second kappa shape index (κ2) is 7.75.